The molecule has 6 nitrogen and oxygen atoms in total. The number of anilines is 1. The smallest absolute Gasteiger partial charge is 0.258 e. The quantitative estimate of drug-likeness (QED) is 0.589. The molecule has 1 amide bonds. The average Bonchev–Trinajstić information content (AvgIpc) is 3.13. The fourth-order valence-electron chi connectivity index (χ4n) is 2.33. The minimum atomic E-state index is -3.99. The second-order valence-corrected chi connectivity index (χ2v) is 8.30. The summed E-state index contributed by atoms with van der Waals surface area (Å²) < 4.78 is 46.4. The lowest BCUT2D eigenvalue weighted by Gasteiger charge is -2.10. The number of hydrogen-bond acceptors (Lipinski definition) is 4. The Morgan fingerprint density at radius 1 is 1.07 bits per heavy atom. The molecule has 2 aromatic carbocycles. The number of sulfonamides is 1. The molecular formula is C18H13Cl2FN2O4S. The fraction of sp³-hybridized carbons (Fsp3) is 0.0556. The molecule has 3 aromatic rings. The second-order valence-electron chi connectivity index (χ2n) is 5.66. The van der Waals surface area contributed by atoms with Crippen LogP contribution in [0, 0.1) is 5.82 Å². The molecule has 0 bridgehead atoms. The van der Waals surface area contributed by atoms with Gasteiger partial charge in [0.15, 0.2) is 0 Å². The van der Waals surface area contributed by atoms with Crippen molar-refractivity contribution < 1.29 is 22.0 Å². The number of carbonyl (C=O) groups is 1. The van der Waals surface area contributed by atoms with Crippen LogP contribution in [0.25, 0.3) is 0 Å². The summed E-state index contributed by atoms with van der Waals surface area (Å²) >= 11 is 11.7. The Morgan fingerprint density at radius 2 is 1.79 bits per heavy atom. The molecule has 3 rings (SSSR count). The van der Waals surface area contributed by atoms with Gasteiger partial charge in [0, 0.05) is 15.7 Å². The Morgan fingerprint density at radius 3 is 2.43 bits per heavy atom. The minimum absolute atomic E-state index is 0.0880. The van der Waals surface area contributed by atoms with Crippen LogP contribution in [-0.4, -0.2) is 14.3 Å². The molecule has 1 heterocycles. The number of hydrogen-bond donors (Lipinski definition) is 2. The summed E-state index contributed by atoms with van der Waals surface area (Å²) in [6.45, 7) is -0.0880. The zero-order chi connectivity index (χ0) is 20.3. The monoisotopic (exact) mass is 442 g/mol. The number of rotatable bonds is 6. The van der Waals surface area contributed by atoms with Gasteiger partial charge in [-0.25, -0.2) is 17.5 Å². The van der Waals surface area contributed by atoms with Crippen molar-refractivity contribution in [1.82, 2.24) is 4.72 Å². The normalized spacial score (nSPS) is 11.4. The zero-order valence-corrected chi connectivity index (χ0v) is 16.4. The number of benzene rings is 2. The van der Waals surface area contributed by atoms with Crippen LogP contribution in [0.3, 0.4) is 0 Å². The predicted molar refractivity (Wildman–Crippen MR) is 104 cm³/mol. The molecule has 0 aliphatic heterocycles. The molecule has 0 saturated carbocycles. The first-order valence-electron chi connectivity index (χ1n) is 7.84. The van der Waals surface area contributed by atoms with Crippen molar-refractivity contribution in [3.63, 3.8) is 0 Å². The van der Waals surface area contributed by atoms with Crippen molar-refractivity contribution in [2.45, 2.75) is 11.4 Å². The molecule has 10 heteroatoms. The van der Waals surface area contributed by atoms with Gasteiger partial charge in [-0.1, -0.05) is 23.2 Å². The van der Waals surface area contributed by atoms with Crippen molar-refractivity contribution in [1.29, 1.82) is 0 Å². The highest BCUT2D eigenvalue weighted by atomic mass is 35.5. The maximum absolute atomic E-state index is 14.1. The third-order valence-electron chi connectivity index (χ3n) is 3.63. The first-order chi connectivity index (χ1) is 13.2. The van der Waals surface area contributed by atoms with Crippen molar-refractivity contribution in [2.24, 2.45) is 0 Å². The van der Waals surface area contributed by atoms with Crippen LogP contribution < -0.4 is 10.0 Å². The maximum atomic E-state index is 14.1. The molecule has 0 saturated heterocycles. The first kappa shape index (κ1) is 20.3. The molecule has 28 heavy (non-hydrogen) atoms. The average molecular weight is 443 g/mol. The molecule has 0 unspecified atom stereocenters. The maximum Gasteiger partial charge on any atom is 0.258 e. The molecule has 146 valence electrons. The van der Waals surface area contributed by atoms with Crippen LogP contribution in [0.4, 0.5) is 10.1 Å². The van der Waals surface area contributed by atoms with E-state index in [2.05, 4.69) is 10.0 Å². The van der Waals surface area contributed by atoms with Crippen LogP contribution >= 0.6 is 23.2 Å². The number of carbonyl (C=O) groups excluding carboxylic acids is 1. The first-order valence-corrected chi connectivity index (χ1v) is 10.1. The molecule has 0 spiro atoms. The highest BCUT2D eigenvalue weighted by Crippen LogP contribution is 2.24. The van der Waals surface area contributed by atoms with Crippen LogP contribution in [0.1, 0.15) is 16.1 Å². The van der Waals surface area contributed by atoms with E-state index in [4.69, 9.17) is 27.6 Å². The van der Waals surface area contributed by atoms with Crippen LogP contribution in [0.15, 0.2) is 64.1 Å². The molecule has 2 N–H and O–H groups in total. The van der Waals surface area contributed by atoms with Gasteiger partial charge in [-0.3, -0.25) is 4.79 Å². The molecule has 0 aliphatic carbocycles. The number of nitrogens with one attached hydrogen (secondary N) is 2. The van der Waals surface area contributed by atoms with Crippen molar-refractivity contribution in [3.8, 4) is 0 Å². The predicted octanol–water partition coefficient (Wildman–Crippen LogP) is 4.46. The van der Waals surface area contributed by atoms with E-state index >= 15 is 0 Å². The van der Waals surface area contributed by atoms with Crippen molar-refractivity contribution >= 4 is 44.8 Å². The van der Waals surface area contributed by atoms with Gasteiger partial charge in [-0.2, -0.15) is 0 Å². The minimum Gasteiger partial charge on any atom is -0.468 e. The van der Waals surface area contributed by atoms with Gasteiger partial charge in [0.2, 0.25) is 10.0 Å². The summed E-state index contributed by atoms with van der Waals surface area (Å²) in [6.07, 6.45) is 1.41. The van der Waals surface area contributed by atoms with Crippen LogP contribution in [0.5, 0.6) is 0 Å². The molecule has 0 aliphatic rings. The highest BCUT2D eigenvalue weighted by molar-refractivity contribution is 7.89. The van der Waals surface area contributed by atoms with Crippen LogP contribution in [0.2, 0.25) is 10.0 Å². The summed E-state index contributed by atoms with van der Waals surface area (Å²) in [7, 11) is -3.99. The van der Waals surface area contributed by atoms with E-state index in [9.17, 15) is 17.6 Å². The summed E-state index contributed by atoms with van der Waals surface area (Å²) in [4.78, 5) is 12.1. The largest absolute Gasteiger partial charge is 0.468 e. The van der Waals surface area contributed by atoms with Crippen LogP contribution in [-0.2, 0) is 16.6 Å². The molecular weight excluding hydrogens is 430 g/mol. The van der Waals surface area contributed by atoms with E-state index in [1.165, 1.54) is 24.5 Å². The van der Waals surface area contributed by atoms with E-state index < -0.39 is 27.3 Å². The SMILES string of the molecule is O=C(Nc1cc(Cl)cc(Cl)c1)c1cc(S(=O)(=O)NCc2ccco2)ccc1F. The summed E-state index contributed by atoms with van der Waals surface area (Å²) in [5.41, 5.74) is -0.205. The third kappa shape index (κ3) is 4.90. The number of halogens is 3. The Kier molecular flexibility index (Phi) is 6.04. The molecule has 1 aromatic heterocycles. The second kappa shape index (κ2) is 8.32. The summed E-state index contributed by atoms with van der Waals surface area (Å²) in [6, 6.07) is 10.4. The van der Waals surface area contributed by atoms with E-state index in [1.54, 1.807) is 12.1 Å². The highest BCUT2D eigenvalue weighted by Gasteiger charge is 2.20. The lowest BCUT2D eigenvalue weighted by Crippen LogP contribution is -2.24. The zero-order valence-electron chi connectivity index (χ0n) is 14.1. The molecule has 0 atom stereocenters. The lowest BCUT2D eigenvalue weighted by molar-refractivity contribution is 0.102. The van der Waals surface area contributed by atoms with E-state index in [1.807, 2.05) is 0 Å². The molecule has 0 fully saturated rings. The van der Waals surface area contributed by atoms with E-state index in [0.29, 0.717) is 5.76 Å². The summed E-state index contributed by atoms with van der Waals surface area (Å²) in [5.74, 6) is -1.32. The lowest BCUT2D eigenvalue weighted by atomic mass is 10.2. The van der Waals surface area contributed by atoms with Gasteiger partial charge in [0.25, 0.3) is 5.91 Å². The van der Waals surface area contributed by atoms with Gasteiger partial charge < -0.3 is 9.73 Å². The standard InChI is InChI=1S/C18H13Cl2FN2O4S/c19-11-6-12(20)8-13(7-11)23-18(24)16-9-15(3-4-17(16)21)28(25,26)22-10-14-2-1-5-27-14/h1-9,22H,10H2,(H,23,24). The van der Waals surface area contributed by atoms with Gasteiger partial charge in [0.05, 0.1) is 23.3 Å². The third-order valence-corrected chi connectivity index (χ3v) is 5.47. The Labute approximate surface area is 170 Å². The molecule has 0 radical (unpaired) electrons. The topological polar surface area (TPSA) is 88.4 Å². The fourth-order valence-corrected chi connectivity index (χ4v) is 3.88. The van der Waals surface area contributed by atoms with Gasteiger partial charge >= 0.3 is 0 Å². The van der Waals surface area contributed by atoms with E-state index in [-0.39, 0.29) is 27.2 Å². The van der Waals surface area contributed by atoms with Gasteiger partial charge in [0.1, 0.15) is 11.6 Å². The Balaban J connectivity index is 1.83. The van der Waals surface area contributed by atoms with Gasteiger partial charge in [-0.15, -0.1) is 0 Å². The number of amides is 1. The Bertz CT molecular complexity index is 1100. The van der Waals surface area contributed by atoms with Crippen molar-refractivity contribution in [3.05, 3.63) is 82.0 Å². The summed E-state index contributed by atoms with van der Waals surface area (Å²) in [5, 5.41) is 2.99. The van der Waals surface area contributed by atoms with Gasteiger partial charge in [-0.05, 0) is 48.5 Å². The van der Waals surface area contributed by atoms with E-state index in [0.717, 1.165) is 18.2 Å². The van der Waals surface area contributed by atoms with Crippen molar-refractivity contribution in [2.75, 3.05) is 5.32 Å². The number of furan rings is 1. The Hall–Kier alpha value is -2.39.